The predicted molar refractivity (Wildman–Crippen MR) is 122 cm³/mol. The van der Waals surface area contributed by atoms with E-state index in [-0.39, 0.29) is 30.8 Å². The lowest BCUT2D eigenvalue weighted by atomic mass is 10.1. The van der Waals surface area contributed by atoms with Crippen LogP contribution in [0.4, 0.5) is 0 Å². The predicted octanol–water partition coefficient (Wildman–Crippen LogP) is 5.67. The summed E-state index contributed by atoms with van der Waals surface area (Å²) in [5.41, 5.74) is 1.65. The summed E-state index contributed by atoms with van der Waals surface area (Å²) < 4.78 is 0. The highest BCUT2D eigenvalue weighted by Crippen LogP contribution is 2.24. The molecule has 7 heteroatoms. The van der Waals surface area contributed by atoms with Crippen molar-refractivity contribution < 1.29 is 9.59 Å². The van der Waals surface area contributed by atoms with Gasteiger partial charge in [-0.2, -0.15) is 0 Å². The van der Waals surface area contributed by atoms with Crippen LogP contribution in [0.15, 0.2) is 42.5 Å². The van der Waals surface area contributed by atoms with Crippen LogP contribution in [0.1, 0.15) is 43.7 Å². The minimum Gasteiger partial charge on any atom is -0.352 e. The fraction of sp³-hybridized carbons (Fsp3) is 0.391. The summed E-state index contributed by atoms with van der Waals surface area (Å²) in [7, 11) is 0. The van der Waals surface area contributed by atoms with E-state index in [1.165, 1.54) is 0 Å². The minimum absolute atomic E-state index is 0.133. The highest BCUT2D eigenvalue weighted by atomic mass is 35.5. The van der Waals surface area contributed by atoms with Crippen molar-refractivity contribution >= 4 is 46.6 Å². The Morgan fingerprint density at radius 1 is 1.00 bits per heavy atom. The molecule has 4 nitrogen and oxygen atoms in total. The van der Waals surface area contributed by atoms with Gasteiger partial charge in [0.1, 0.15) is 6.04 Å². The van der Waals surface area contributed by atoms with Crippen LogP contribution in [0.25, 0.3) is 0 Å². The number of carbonyl (C=O) groups is 2. The van der Waals surface area contributed by atoms with Crippen LogP contribution in [0, 0.1) is 0 Å². The first kappa shape index (κ1) is 22.9. The topological polar surface area (TPSA) is 49.4 Å². The van der Waals surface area contributed by atoms with Crippen molar-refractivity contribution in [2.75, 3.05) is 0 Å². The molecule has 1 atom stereocenters. The van der Waals surface area contributed by atoms with E-state index in [4.69, 9.17) is 34.8 Å². The molecule has 0 aromatic heterocycles. The Bertz CT molecular complexity index is 896. The van der Waals surface area contributed by atoms with Crippen LogP contribution in [-0.2, 0) is 22.6 Å². The summed E-state index contributed by atoms with van der Waals surface area (Å²) in [6, 6.07) is 12.0. The zero-order valence-corrected chi connectivity index (χ0v) is 19.1. The molecule has 2 amide bonds. The van der Waals surface area contributed by atoms with Crippen molar-refractivity contribution in [2.45, 2.75) is 57.7 Å². The van der Waals surface area contributed by atoms with Gasteiger partial charge in [0.05, 0.1) is 16.5 Å². The van der Waals surface area contributed by atoms with Crippen molar-refractivity contribution in [1.82, 2.24) is 10.2 Å². The molecule has 0 spiro atoms. The van der Waals surface area contributed by atoms with Crippen LogP contribution < -0.4 is 5.32 Å². The van der Waals surface area contributed by atoms with Gasteiger partial charge in [0.15, 0.2) is 0 Å². The first-order chi connectivity index (χ1) is 14.3. The fourth-order valence-electron chi connectivity index (χ4n) is 3.69. The number of benzene rings is 2. The number of nitrogens with one attached hydrogen (secondary N) is 1. The van der Waals surface area contributed by atoms with Gasteiger partial charge in [-0.05, 0) is 55.2 Å². The van der Waals surface area contributed by atoms with Crippen molar-refractivity contribution in [1.29, 1.82) is 0 Å². The summed E-state index contributed by atoms with van der Waals surface area (Å²) >= 11 is 18.1. The molecule has 1 N–H and O–H groups in total. The van der Waals surface area contributed by atoms with Gasteiger partial charge < -0.3 is 10.2 Å². The molecule has 0 saturated heterocycles. The molecule has 0 aliphatic heterocycles. The largest absolute Gasteiger partial charge is 0.352 e. The van der Waals surface area contributed by atoms with E-state index in [9.17, 15) is 9.59 Å². The Kier molecular flexibility index (Phi) is 8.04. The second kappa shape index (κ2) is 10.5. The zero-order chi connectivity index (χ0) is 21.7. The molecule has 1 unspecified atom stereocenters. The van der Waals surface area contributed by atoms with E-state index in [2.05, 4.69) is 5.32 Å². The van der Waals surface area contributed by atoms with Gasteiger partial charge in [-0.3, -0.25) is 9.59 Å². The van der Waals surface area contributed by atoms with Crippen LogP contribution >= 0.6 is 34.8 Å². The summed E-state index contributed by atoms with van der Waals surface area (Å²) in [5, 5.41) is 4.58. The quantitative estimate of drug-likeness (QED) is 0.571. The number of hydrogen-bond donors (Lipinski definition) is 1. The number of amides is 2. The molecule has 0 radical (unpaired) electrons. The molecule has 0 heterocycles. The van der Waals surface area contributed by atoms with Crippen LogP contribution in [-0.4, -0.2) is 28.8 Å². The fourth-order valence-corrected chi connectivity index (χ4v) is 4.13. The molecular formula is C23H25Cl3N2O2. The van der Waals surface area contributed by atoms with Gasteiger partial charge >= 0.3 is 0 Å². The number of rotatable bonds is 7. The SMILES string of the molecule is CC(C(=O)NC1CCCC1)N(Cc1ccc(Cl)c(Cl)c1)C(=O)Cc1ccc(Cl)cc1. The molecule has 1 aliphatic carbocycles. The van der Waals surface area contributed by atoms with Crippen molar-refractivity contribution in [3.8, 4) is 0 Å². The third-order valence-electron chi connectivity index (χ3n) is 5.47. The van der Waals surface area contributed by atoms with Crippen molar-refractivity contribution in [3.05, 3.63) is 68.7 Å². The molecule has 2 aromatic carbocycles. The summed E-state index contributed by atoms with van der Waals surface area (Å²) in [6.45, 7) is 2.03. The lowest BCUT2D eigenvalue weighted by Crippen LogP contribution is -2.50. The second-order valence-corrected chi connectivity index (χ2v) is 8.99. The van der Waals surface area contributed by atoms with Gasteiger partial charge in [-0.1, -0.05) is 65.8 Å². The maximum Gasteiger partial charge on any atom is 0.242 e. The number of hydrogen-bond acceptors (Lipinski definition) is 2. The second-order valence-electron chi connectivity index (χ2n) is 7.74. The standard InChI is InChI=1S/C23H25Cl3N2O2/c1-15(23(30)27-19-4-2-3-5-19)28(14-17-8-11-20(25)21(26)12-17)22(29)13-16-6-9-18(24)10-7-16/h6-12,15,19H,2-5,13-14H2,1H3,(H,27,30). The van der Waals surface area contributed by atoms with E-state index in [1.807, 2.05) is 18.2 Å². The Hall–Kier alpha value is -1.75. The van der Waals surface area contributed by atoms with E-state index in [0.717, 1.165) is 36.8 Å². The minimum atomic E-state index is -0.611. The van der Waals surface area contributed by atoms with Crippen LogP contribution in [0.5, 0.6) is 0 Å². The lowest BCUT2D eigenvalue weighted by molar-refractivity contribution is -0.140. The first-order valence-corrected chi connectivity index (χ1v) is 11.2. The van der Waals surface area contributed by atoms with E-state index < -0.39 is 6.04 Å². The Balaban J connectivity index is 1.78. The molecule has 1 aliphatic rings. The number of nitrogens with zero attached hydrogens (tertiary/aromatic N) is 1. The first-order valence-electron chi connectivity index (χ1n) is 10.1. The van der Waals surface area contributed by atoms with Crippen molar-refractivity contribution in [2.24, 2.45) is 0 Å². The summed E-state index contributed by atoms with van der Waals surface area (Å²) in [6.07, 6.45) is 4.41. The van der Waals surface area contributed by atoms with E-state index >= 15 is 0 Å². The van der Waals surface area contributed by atoms with Gasteiger partial charge in [0, 0.05) is 17.6 Å². The Morgan fingerprint density at radius 2 is 1.63 bits per heavy atom. The monoisotopic (exact) mass is 466 g/mol. The summed E-state index contributed by atoms with van der Waals surface area (Å²) in [5.74, 6) is -0.274. The smallest absolute Gasteiger partial charge is 0.242 e. The zero-order valence-electron chi connectivity index (χ0n) is 16.8. The van der Waals surface area contributed by atoms with Crippen molar-refractivity contribution in [3.63, 3.8) is 0 Å². The molecule has 30 heavy (non-hydrogen) atoms. The number of halogens is 3. The average Bonchev–Trinajstić information content (AvgIpc) is 3.23. The Labute approximate surface area is 192 Å². The Morgan fingerprint density at radius 3 is 2.27 bits per heavy atom. The van der Waals surface area contributed by atoms with Gasteiger partial charge in [-0.25, -0.2) is 0 Å². The molecule has 1 fully saturated rings. The normalized spacial score (nSPS) is 15.1. The van der Waals surface area contributed by atoms with E-state index in [1.54, 1.807) is 36.1 Å². The highest BCUT2D eigenvalue weighted by Gasteiger charge is 2.28. The third-order valence-corrected chi connectivity index (χ3v) is 6.47. The maximum atomic E-state index is 13.2. The molecule has 160 valence electrons. The van der Waals surface area contributed by atoms with Gasteiger partial charge in [-0.15, -0.1) is 0 Å². The molecule has 2 aromatic rings. The molecule has 0 bridgehead atoms. The third kappa shape index (κ3) is 6.13. The van der Waals surface area contributed by atoms with Gasteiger partial charge in [0.2, 0.25) is 11.8 Å². The number of carbonyl (C=O) groups excluding carboxylic acids is 2. The lowest BCUT2D eigenvalue weighted by Gasteiger charge is -2.30. The molecule has 1 saturated carbocycles. The van der Waals surface area contributed by atoms with Crippen LogP contribution in [0.2, 0.25) is 15.1 Å². The summed E-state index contributed by atoms with van der Waals surface area (Å²) in [4.78, 5) is 27.7. The maximum absolute atomic E-state index is 13.2. The highest BCUT2D eigenvalue weighted by molar-refractivity contribution is 6.42. The van der Waals surface area contributed by atoms with Gasteiger partial charge in [0.25, 0.3) is 0 Å². The van der Waals surface area contributed by atoms with E-state index in [0.29, 0.717) is 15.1 Å². The molecular weight excluding hydrogens is 443 g/mol. The average molecular weight is 468 g/mol. The molecule has 3 rings (SSSR count). The van der Waals surface area contributed by atoms with Crippen LogP contribution in [0.3, 0.4) is 0 Å².